The zero-order chi connectivity index (χ0) is 37.6. The molecule has 0 radical (unpaired) electrons. The number of phenols is 4. The monoisotopic (exact) mass is 745 g/mol. The lowest BCUT2D eigenvalue weighted by Gasteiger charge is -2.45. The van der Waals surface area contributed by atoms with Crippen LogP contribution in [0.4, 0.5) is 0 Å². The Morgan fingerprint density at radius 3 is 2.10 bits per heavy atom. The number of aliphatic hydroxyl groups is 10. The van der Waals surface area contributed by atoms with Crippen molar-refractivity contribution in [3.8, 4) is 28.7 Å². The first kappa shape index (κ1) is 38.2. The first-order valence-corrected chi connectivity index (χ1v) is 16.1. The third-order valence-corrected chi connectivity index (χ3v) is 9.18. The smallest absolute Gasteiger partial charge is 0.270 e. The molecule has 20 nitrogen and oxygen atoms in total. The highest BCUT2D eigenvalue weighted by Gasteiger charge is 2.52. The summed E-state index contributed by atoms with van der Waals surface area (Å²) in [5.74, 6) is -1.78. The highest BCUT2D eigenvalue weighted by molar-refractivity contribution is 5.69. The summed E-state index contributed by atoms with van der Waals surface area (Å²) in [7, 11) is 0. The number of aromatic hydroxyl groups is 5. The molecule has 0 amide bonds. The molecule has 0 aliphatic carbocycles. The van der Waals surface area contributed by atoms with Crippen molar-refractivity contribution in [1.29, 1.82) is 0 Å². The van der Waals surface area contributed by atoms with Crippen molar-refractivity contribution in [2.24, 2.45) is 0 Å². The molecule has 3 saturated heterocycles. The van der Waals surface area contributed by atoms with E-state index in [1.54, 1.807) is 0 Å². The van der Waals surface area contributed by atoms with Crippen LogP contribution in [0, 0.1) is 0 Å². The third-order valence-electron chi connectivity index (χ3n) is 9.18. The first-order valence-electron chi connectivity index (χ1n) is 16.1. The van der Waals surface area contributed by atoms with Crippen molar-refractivity contribution < 1.29 is 99.5 Å². The van der Waals surface area contributed by atoms with Gasteiger partial charge in [0, 0.05) is 12.1 Å². The second kappa shape index (κ2) is 15.4. The van der Waals surface area contributed by atoms with Gasteiger partial charge in [0.05, 0.1) is 31.5 Å². The van der Waals surface area contributed by atoms with Crippen LogP contribution in [-0.2, 0) is 28.4 Å². The van der Waals surface area contributed by atoms with E-state index in [4.69, 9.17) is 28.4 Å². The molecule has 14 N–H and O–H groups in total. The molecule has 6 rings (SSSR count). The summed E-state index contributed by atoms with van der Waals surface area (Å²) in [5, 5.41) is 134. The Morgan fingerprint density at radius 1 is 0.692 bits per heavy atom. The maximum atomic E-state index is 11.4. The number of hydrogen-bond donors (Lipinski definition) is 13. The molecule has 0 spiro atoms. The molecule has 4 heterocycles. The van der Waals surface area contributed by atoms with E-state index in [-0.39, 0.29) is 28.4 Å². The van der Waals surface area contributed by atoms with Crippen LogP contribution in [0.5, 0.6) is 28.7 Å². The summed E-state index contributed by atoms with van der Waals surface area (Å²) in [6, 6.07) is 6.00. The van der Waals surface area contributed by atoms with Gasteiger partial charge >= 0.3 is 0 Å². The second-order valence-corrected chi connectivity index (χ2v) is 12.7. The second-order valence-electron chi connectivity index (χ2n) is 12.7. The van der Waals surface area contributed by atoms with Gasteiger partial charge in [-0.05, 0) is 18.2 Å². The third kappa shape index (κ3) is 7.44. The highest BCUT2D eigenvalue weighted by atomic mass is 16.8. The van der Waals surface area contributed by atoms with Crippen LogP contribution >= 0.6 is 0 Å². The molecule has 2 aromatic rings. The zero-order valence-corrected chi connectivity index (χ0v) is 27.0. The summed E-state index contributed by atoms with van der Waals surface area (Å²) in [5.41, 5.74) is 0.279. The number of phenolic OH excluding ortho intramolecular Hbond substituents is 4. The van der Waals surface area contributed by atoms with E-state index in [0.717, 1.165) is 6.07 Å². The van der Waals surface area contributed by atoms with Crippen LogP contribution in [0.3, 0.4) is 0 Å². The standard InChI is InChI=1S/C32H40O20/c33-7-19-22(40)24(42)27(45)30(50-19)47-9-20-23(41)25(43)29(52-31-26(44)21(39)16(38)8-46-31)32(51-20)49-18-6-12-14(36)4-11(34)5-17(12)48-28(18)10-1-2-13(35)15(37)3-10/h1-6,16,19-45H,7-9H2/p+1. The van der Waals surface area contributed by atoms with Crippen LogP contribution in [0.1, 0.15) is 17.2 Å². The minimum Gasteiger partial charge on any atom is -0.571 e. The van der Waals surface area contributed by atoms with E-state index >= 15 is 0 Å². The predicted molar refractivity (Wildman–Crippen MR) is 166 cm³/mol. The first-order chi connectivity index (χ1) is 24.7. The summed E-state index contributed by atoms with van der Waals surface area (Å²) < 4.78 is 38.8. The van der Waals surface area contributed by atoms with Crippen LogP contribution in [0.25, 0.3) is 6.08 Å². The SMILES string of the molecule is OCC1OC(OCC2OC(OC3=Cc4c(O)cc(O)cc4[OH+]C3c3ccc(O)c(O)c3)C(OC3OCC(O)C(O)C3O)C(O)C2O)C(O)C(O)C1O. The Hall–Kier alpha value is -3.58. The normalized spacial score (nSPS) is 39.2. The summed E-state index contributed by atoms with van der Waals surface area (Å²) >= 11 is 0. The van der Waals surface area contributed by atoms with Crippen LogP contribution in [0.15, 0.2) is 36.1 Å². The number of ether oxygens (including phenoxy) is 7. The molecular weight excluding hydrogens is 704 g/mol. The van der Waals surface area contributed by atoms with Crippen molar-refractivity contribution >= 4 is 6.08 Å². The van der Waals surface area contributed by atoms with Gasteiger partial charge in [-0.25, -0.2) is 0 Å². The Morgan fingerprint density at radius 2 is 1.38 bits per heavy atom. The Kier molecular flexibility index (Phi) is 11.3. The van der Waals surface area contributed by atoms with Gasteiger partial charge in [0.25, 0.3) is 11.9 Å². The molecular formula is C32H41O20+. The van der Waals surface area contributed by atoms with E-state index in [1.165, 1.54) is 30.3 Å². The molecule has 15 unspecified atom stereocenters. The Labute approximate surface area is 293 Å². The minimum absolute atomic E-state index is 0.0616. The van der Waals surface area contributed by atoms with E-state index in [0.29, 0.717) is 0 Å². The summed E-state index contributed by atoms with van der Waals surface area (Å²) in [6.45, 7) is -1.92. The molecule has 20 heteroatoms. The molecule has 0 bridgehead atoms. The minimum atomic E-state index is -1.95. The topological polar surface area (TPSA) is 331 Å². The van der Waals surface area contributed by atoms with Crippen LogP contribution in [-0.4, -0.2) is 177 Å². The largest absolute Gasteiger partial charge is 0.571 e. The van der Waals surface area contributed by atoms with Crippen molar-refractivity contribution in [2.75, 3.05) is 19.8 Å². The van der Waals surface area contributed by atoms with Gasteiger partial charge in [-0.3, -0.25) is 0 Å². The zero-order valence-electron chi connectivity index (χ0n) is 27.0. The van der Waals surface area contributed by atoms with Crippen LogP contribution < -0.4 is 0 Å². The van der Waals surface area contributed by atoms with Crippen molar-refractivity contribution in [2.45, 2.75) is 92.1 Å². The van der Waals surface area contributed by atoms with Gasteiger partial charge in [0.2, 0.25) is 6.29 Å². The van der Waals surface area contributed by atoms with Gasteiger partial charge in [-0.15, -0.1) is 0 Å². The number of aliphatic hydroxyl groups excluding tert-OH is 9. The molecule has 0 aromatic heterocycles. The lowest BCUT2D eigenvalue weighted by atomic mass is 9.97. The average Bonchev–Trinajstić information content (AvgIpc) is 3.11. The van der Waals surface area contributed by atoms with Gasteiger partial charge in [-0.1, -0.05) is 0 Å². The number of rotatable bonds is 9. The van der Waals surface area contributed by atoms with E-state index in [2.05, 4.69) is 4.74 Å². The summed E-state index contributed by atoms with van der Waals surface area (Å²) in [4.78, 5) is 0. The summed E-state index contributed by atoms with van der Waals surface area (Å²) in [6.07, 6.45) is -23.8. The fraction of sp³-hybridized carbons (Fsp3) is 0.562. The van der Waals surface area contributed by atoms with Gasteiger partial charge < -0.3 is 99.5 Å². The highest BCUT2D eigenvalue weighted by Crippen LogP contribution is 2.46. The van der Waals surface area contributed by atoms with Gasteiger partial charge in [0.15, 0.2) is 35.9 Å². The Bertz CT molecular complexity index is 1590. The fourth-order valence-corrected chi connectivity index (χ4v) is 6.20. The van der Waals surface area contributed by atoms with Gasteiger partial charge in [0.1, 0.15) is 78.1 Å². The number of hydrogen-bond acceptors (Lipinski definition) is 19. The Balaban J connectivity index is 1.32. The average molecular weight is 746 g/mol. The lowest BCUT2D eigenvalue weighted by Crippen LogP contribution is -2.64. The quantitative estimate of drug-likeness (QED) is 0.0858. The maximum absolute atomic E-state index is 11.4. The van der Waals surface area contributed by atoms with E-state index in [1.807, 2.05) is 0 Å². The molecule has 15 atom stereocenters. The number of fused-ring (bicyclic) bond motifs is 1. The molecule has 0 saturated carbocycles. The van der Waals surface area contributed by atoms with Crippen molar-refractivity contribution in [3.05, 3.63) is 47.2 Å². The van der Waals surface area contributed by atoms with E-state index < -0.39 is 129 Å². The molecule has 4 aliphatic rings. The number of benzene rings is 2. The predicted octanol–water partition coefficient (Wildman–Crippen LogP) is -4.05. The van der Waals surface area contributed by atoms with Gasteiger partial charge in [-0.2, -0.15) is 0 Å². The van der Waals surface area contributed by atoms with Crippen molar-refractivity contribution in [1.82, 2.24) is 0 Å². The molecule has 2 aromatic carbocycles. The van der Waals surface area contributed by atoms with Crippen molar-refractivity contribution in [3.63, 3.8) is 0 Å². The molecule has 288 valence electrons. The molecule has 3 fully saturated rings. The molecule has 4 aliphatic heterocycles. The van der Waals surface area contributed by atoms with Crippen LogP contribution in [0.2, 0.25) is 0 Å². The van der Waals surface area contributed by atoms with E-state index in [9.17, 15) is 66.4 Å². The lowest BCUT2D eigenvalue weighted by molar-refractivity contribution is -0.360. The fourth-order valence-electron chi connectivity index (χ4n) is 6.20. The maximum Gasteiger partial charge on any atom is 0.270 e. The molecule has 52 heavy (non-hydrogen) atoms.